The van der Waals surface area contributed by atoms with Crippen molar-refractivity contribution in [2.45, 2.75) is 0 Å². The van der Waals surface area contributed by atoms with Crippen LogP contribution in [0.15, 0.2) is 67.3 Å². The van der Waals surface area contributed by atoms with Gasteiger partial charge >= 0.3 is 0 Å². The molecule has 0 aliphatic heterocycles. The number of nitrogens with zero attached hydrogens (tertiary/aromatic N) is 3. The molecule has 7 nitrogen and oxygen atoms in total. The van der Waals surface area contributed by atoms with E-state index in [-0.39, 0.29) is 18.4 Å². The fourth-order valence-electron chi connectivity index (χ4n) is 2.13. The molecular weight excluding hydrogens is 318 g/mol. The Labute approximate surface area is 144 Å². The first kappa shape index (κ1) is 16.3. The molecule has 0 saturated carbocycles. The van der Waals surface area contributed by atoms with Crippen LogP contribution in [-0.2, 0) is 4.79 Å². The van der Waals surface area contributed by atoms with E-state index in [1.165, 1.54) is 6.20 Å². The summed E-state index contributed by atoms with van der Waals surface area (Å²) >= 11 is 0. The van der Waals surface area contributed by atoms with Crippen molar-refractivity contribution >= 4 is 17.5 Å². The van der Waals surface area contributed by atoms with Gasteiger partial charge in [0.05, 0.1) is 17.9 Å². The summed E-state index contributed by atoms with van der Waals surface area (Å²) in [5.41, 5.74) is 2.30. The van der Waals surface area contributed by atoms with Gasteiger partial charge in [0.2, 0.25) is 5.91 Å². The number of carbonyl (C=O) groups is 2. The first-order valence-corrected chi connectivity index (χ1v) is 7.58. The number of carbonyl (C=O) groups excluding carboxylic acids is 2. The lowest BCUT2D eigenvalue weighted by Gasteiger charge is -2.07. The van der Waals surface area contributed by atoms with Crippen LogP contribution in [0.25, 0.3) is 11.4 Å². The summed E-state index contributed by atoms with van der Waals surface area (Å²) in [6, 6.07) is 12.0. The van der Waals surface area contributed by atoms with Crippen LogP contribution in [0.2, 0.25) is 0 Å². The average molecular weight is 333 g/mol. The van der Waals surface area contributed by atoms with Crippen LogP contribution in [0.1, 0.15) is 10.4 Å². The van der Waals surface area contributed by atoms with Crippen molar-refractivity contribution in [1.82, 2.24) is 20.3 Å². The van der Waals surface area contributed by atoms with Crippen molar-refractivity contribution in [3.63, 3.8) is 0 Å². The van der Waals surface area contributed by atoms with E-state index < -0.39 is 0 Å². The molecule has 2 N–H and O–H groups in total. The summed E-state index contributed by atoms with van der Waals surface area (Å²) in [4.78, 5) is 36.4. The van der Waals surface area contributed by atoms with Crippen molar-refractivity contribution in [1.29, 1.82) is 0 Å². The zero-order valence-corrected chi connectivity index (χ0v) is 13.2. The minimum absolute atomic E-state index is 0.137. The van der Waals surface area contributed by atoms with Gasteiger partial charge in [0, 0.05) is 36.0 Å². The van der Waals surface area contributed by atoms with Gasteiger partial charge in [-0.1, -0.05) is 6.07 Å². The van der Waals surface area contributed by atoms with Gasteiger partial charge in [-0.05, 0) is 36.4 Å². The molecule has 0 bridgehead atoms. The van der Waals surface area contributed by atoms with Gasteiger partial charge in [-0.3, -0.25) is 24.5 Å². The molecule has 3 aromatic heterocycles. The number of aromatic nitrogens is 3. The Hall–Kier alpha value is -3.61. The quantitative estimate of drug-likeness (QED) is 0.743. The molecule has 0 unspecified atom stereocenters. The van der Waals surface area contributed by atoms with Crippen LogP contribution in [0.3, 0.4) is 0 Å². The standard InChI is InChI=1S/C18H15N5O2/c24-17(23-14-5-8-19-9-6-14)12-22-18(25)13-4-10-21-16(11-13)15-3-1-2-7-20-15/h1-11H,12H2,(H,22,25)(H,19,23,24). The molecule has 3 rings (SSSR count). The van der Waals surface area contributed by atoms with Crippen molar-refractivity contribution in [3.05, 3.63) is 72.8 Å². The summed E-state index contributed by atoms with van der Waals surface area (Å²) < 4.78 is 0. The van der Waals surface area contributed by atoms with Gasteiger partial charge in [0.15, 0.2) is 0 Å². The van der Waals surface area contributed by atoms with E-state index in [1.807, 2.05) is 18.2 Å². The predicted molar refractivity (Wildman–Crippen MR) is 92.7 cm³/mol. The molecule has 0 radical (unpaired) electrons. The number of pyridine rings is 3. The maximum Gasteiger partial charge on any atom is 0.251 e. The van der Waals surface area contributed by atoms with Crippen LogP contribution in [-0.4, -0.2) is 33.3 Å². The third-order valence-corrected chi connectivity index (χ3v) is 3.32. The minimum Gasteiger partial charge on any atom is -0.343 e. The molecule has 25 heavy (non-hydrogen) atoms. The monoisotopic (exact) mass is 333 g/mol. The van der Waals surface area contributed by atoms with E-state index in [9.17, 15) is 9.59 Å². The zero-order chi connectivity index (χ0) is 17.5. The maximum absolute atomic E-state index is 12.2. The maximum atomic E-state index is 12.2. The molecular formula is C18H15N5O2. The lowest BCUT2D eigenvalue weighted by Crippen LogP contribution is -2.32. The molecule has 3 aromatic rings. The number of rotatable bonds is 5. The summed E-state index contributed by atoms with van der Waals surface area (Å²) in [7, 11) is 0. The van der Waals surface area contributed by atoms with Gasteiger partial charge in [-0.25, -0.2) is 0 Å². The molecule has 7 heteroatoms. The van der Waals surface area contributed by atoms with E-state index in [2.05, 4.69) is 25.6 Å². The molecule has 0 atom stereocenters. The lowest BCUT2D eigenvalue weighted by atomic mass is 10.1. The normalized spacial score (nSPS) is 10.1. The highest BCUT2D eigenvalue weighted by atomic mass is 16.2. The van der Waals surface area contributed by atoms with E-state index in [0.29, 0.717) is 22.6 Å². The summed E-state index contributed by atoms with van der Waals surface area (Å²) in [6.07, 6.45) is 6.35. The van der Waals surface area contributed by atoms with Gasteiger partial charge < -0.3 is 10.6 Å². The zero-order valence-electron chi connectivity index (χ0n) is 13.2. The predicted octanol–water partition coefficient (Wildman–Crippen LogP) is 1.91. The van der Waals surface area contributed by atoms with Crippen LogP contribution in [0.4, 0.5) is 5.69 Å². The molecule has 0 aliphatic rings. The SMILES string of the molecule is O=C(CNC(=O)c1ccnc(-c2ccccn2)c1)Nc1ccncc1. The Bertz CT molecular complexity index is 869. The first-order valence-electron chi connectivity index (χ1n) is 7.58. The van der Waals surface area contributed by atoms with Crippen molar-refractivity contribution < 1.29 is 9.59 Å². The Morgan fingerprint density at radius 3 is 2.44 bits per heavy atom. The van der Waals surface area contributed by atoms with Crippen LogP contribution >= 0.6 is 0 Å². The van der Waals surface area contributed by atoms with Crippen LogP contribution in [0, 0.1) is 0 Å². The molecule has 0 fully saturated rings. The summed E-state index contributed by atoms with van der Waals surface area (Å²) in [6.45, 7) is -0.137. The number of amides is 2. The second-order valence-corrected chi connectivity index (χ2v) is 5.11. The van der Waals surface area contributed by atoms with Crippen LogP contribution in [0.5, 0.6) is 0 Å². The lowest BCUT2D eigenvalue weighted by molar-refractivity contribution is -0.115. The third-order valence-electron chi connectivity index (χ3n) is 3.32. The highest BCUT2D eigenvalue weighted by Crippen LogP contribution is 2.14. The van der Waals surface area contributed by atoms with Gasteiger partial charge in [-0.15, -0.1) is 0 Å². The van der Waals surface area contributed by atoms with Gasteiger partial charge in [-0.2, -0.15) is 0 Å². The summed E-state index contributed by atoms with van der Waals surface area (Å²) in [5.74, 6) is -0.678. The Balaban J connectivity index is 1.61. The fourth-order valence-corrected chi connectivity index (χ4v) is 2.13. The molecule has 2 amide bonds. The van der Waals surface area contributed by atoms with Gasteiger partial charge in [0.25, 0.3) is 5.91 Å². The topological polar surface area (TPSA) is 96.9 Å². The first-order chi connectivity index (χ1) is 12.2. The van der Waals surface area contributed by atoms with Crippen molar-refractivity contribution in [2.24, 2.45) is 0 Å². The van der Waals surface area contributed by atoms with E-state index in [1.54, 1.807) is 42.9 Å². The van der Waals surface area contributed by atoms with Crippen LogP contribution < -0.4 is 10.6 Å². The van der Waals surface area contributed by atoms with Gasteiger partial charge in [0.1, 0.15) is 0 Å². The van der Waals surface area contributed by atoms with Crippen molar-refractivity contribution in [3.8, 4) is 11.4 Å². The number of nitrogens with one attached hydrogen (secondary N) is 2. The fraction of sp³-hybridized carbons (Fsp3) is 0.0556. The minimum atomic E-state index is -0.357. The molecule has 0 saturated heterocycles. The number of hydrogen-bond acceptors (Lipinski definition) is 5. The Morgan fingerprint density at radius 1 is 0.880 bits per heavy atom. The molecule has 124 valence electrons. The van der Waals surface area contributed by atoms with E-state index in [0.717, 1.165) is 0 Å². The molecule has 0 spiro atoms. The second kappa shape index (κ2) is 7.78. The van der Waals surface area contributed by atoms with E-state index in [4.69, 9.17) is 0 Å². The second-order valence-electron chi connectivity index (χ2n) is 5.11. The average Bonchev–Trinajstić information content (AvgIpc) is 2.68. The Kier molecular flexibility index (Phi) is 5.06. The molecule has 0 aliphatic carbocycles. The van der Waals surface area contributed by atoms with E-state index >= 15 is 0 Å². The largest absolute Gasteiger partial charge is 0.343 e. The Morgan fingerprint density at radius 2 is 1.68 bits per heavy atom. The highest BCUT2D eigenvalue weighted by Gasteiger charge is 2.10. The highest BCUT2D eigenvalue weighted by molar-refractivity contribution is 5.99. The molecule has 3 heterocycles. The number of anilines is 1. The smallest absolute Gasteiger partial charge is 0.251 e. The third kappa shape index (κ3) is 4.44. The molecule has 0 aromatic carbocycles. The number of hydrogen-bond donors (Lipinski definition) is 2. The summed E-state index contributed by atoms with van der Waals surface area (Å²) in [5, 5.41) is 5.25. The van der Waals surface area contributed by atoms with Crippen molar-refractivity contribution in [2.75, 3.05) is 11.9 Å².